The fraction of sp³-hybridized carbons (Fsp3) is 0.625. The second-order valence-electron chi connectivity index (χ2n) is 3.18. The molecule has 4 heteroatoms. The molecule has 1 aliphatic rings. The molecular formula is C8H14N4. The molecule has 2 heterocycles. The van der Waals surface area contributed by atoms with E-state index < -0.39 is 0 Å². The Morgan fingerprint density at radius 2 is 2.17 bits per heavy atom. The van der Waals surface area contributed by atoms with Crippen molar-refractivity contribution in [3.8, 4) is 0 Å². The maximum absolute atomic E-state index is 5.87. The number of nitrogens with one attached hydrogen (secondary N) is 1. The number of anilines is 1. The highest BCUT2D eigenvalue weighted by atomic mass is 15.3. The van der Waals surface area contributed by atoms with Crippen molar-refractivity contribution >= 4 is 5.82 Å². The number of rotatable bonds is 0. The number of nitrogens with two attached hydrogens (primary N) is 1. The van der Waals surface area contributed by atoms with E-state index >= 15 is 0 Å². The first-order chi connectivity index (χ1) is 5.79. The summed E-state index contributed by atoms with van der Waals surface area (Å²) in [6, 6.07) is 0. The topological polar surface area (TPSA) is 55.9 Å². The molecule has 0 amide bonds. The quantitative estimate of drug-likeness (QED) is 0.556. The van der Waals surface area contributed by atoms with Crippen molar-refractivity contribution in [1.29, 1.82) is 0 Å². The van der Waals surface area contributed by atoms with Crippen LogP contribution in [0.4, 0.5) is 5.82 Å². The van der Waals surface area contributed by atoms with Crippen LogP contribution in [0.15, 0.2) is 0 Å². The predicted molar refractivity (Wildman–Crippen MR) is 47.9 cm³/mol. The van der Waals surface area contributed by atoms with Gasteiger partial charge in [-0.15, -0.1) is 0 Å². The molecule has 0 unspecified atom stereocenters. The van der Waals surface area contributed by atoms with Crippen LogP contribution in [0.1, 0.15) is 11.3 Å². The van der Waals surface area contributed by atoms with E-state index in [1.54, 1.807) is 4.68 Å². The molecule has 0 aromatic carbocycles. The zero-order chi connectivity index (χ0) is 8.55. The predicted octanol–water partition coefficient (Wildman–Crippen LogP) is -0.310. The summed E-state index contributed by atoms with van der Waals surface area (Å²) in [6.45, 7) is 2.03. The van der Waals surface area contributed by atoms with Crippen LogP contribution in [-0.4, -0.2) is 22.9 Å². The molecule has 0 radical (unpaired) electrons. The molecule has 3 N–H and O–H groups in total. The zero-order valence-corrected chi connectivity index (χ0v) is 7.30. The van der Waals surface area contributed by atoms with Crippen LogP contribution < -0.4 is 11.1 Å². The lowest BCUT2D eigenvalue weighted by Gasteiger charge is -1.98. The summed E-state index contributed by atoms with van der Waals surface area (Å²) in [7, 11) is 1.90. The van der Waals surface area contributed by atoms with Crippen molar-refractivity contribution in [2.45, 2.75) is 12.8 Å². The van der Waals surface area contributed by atoms with E-state index in [2.05, 4.69) is 10.4 Å². The smallest absolute Gasteiger partial charge is 0.124 e. The van der Waals surface area contributed by atoms with Gasteiger partial charge in [-0.1, -0.05) is 0 Å². The van der Waals surface area contributed by atoms with Gasteiger partial charge < -0.3 is 11.1 Å². The molecule has 2 rings (SSSR count). The number of nitrogen functional groups attached to an aromatic ring is 1. The Hall–Kier alpha value is -1.03. The van der Waals surface area contributed by atoms with Crippen molar-refractivity contribution in [2.75, 3.05) is 18.8 Å². The third-order valence-corrected chi connectivity index (χ3v) is 2.37. The number of aryl methyl sites for hydroxylation is 1. The minimum absolute atomic E-state index is 0.828. The van der Waals surface area contributed by atoms with E-state index in [9.17, 15) is 0 Å². The lowest BCUT2D eigenvalue weighted by Crippen LogP contribution is -2.17. The summed E-state index contributed by atoms with van der Waals surface area (Å²) in [6.07, 6.45) is 2.01. The Labute approximate surface area is 71.7 Å². The van der Waals surface area contributed by atoms with E-state index in [0.717, 1.165) is 31.7 Å². The van der Waals surface area contributed by atoms with Gasteiger partial charge in [-0.2, -0.15) is 5.10 Å². The van der Waals surface area contributed by atoms with Crippen LogP contribution in [-0.2, 0) is 19.9 Å². The van der Waals surface area contributed by atoms with Crippen molar-refractivity contribution < 1.29 is 0 Å². The highest BCUT2D eigenvalue weighted by Crippen LogP contribution is 2.17. The molecule has 1 aromatic heterocycles. The van der Waals surface area contributed by atoms with E-state index in [0.29, 0.717) is 0 Å². The normalized spacial score (nSPS) is 17.1. The van der Waals surface area contributed by atoms with Crippen LogP contribution in [0, 0.1) is 0 Å². The van der Waals surface area contributed by atoms with Gasteiger partial charge in [0.2, 0.25) is 0 Å². The van der Waals surface area contributed by atoms with E-state index in [1.807, 2.05) is 7.05 Å². The molecule has 0 bridgehead atoms. The number of aromatic nitrogens is 2. The molecule has 0 fully saturated rings. The van der Waals surface area contributed by atoms with E-state index in [1.165, 1.54) is 11.3 Å². The van der Waals surface area contributed by atoms with Crippen LogP contribution in [0.3, 0.4) is 0 Å². The Kier molecular flexibility index (Phi) is 1.77. The van der Waals surface area contributed by atoms with Crippen LogP contribution in [0.25, 0.3) is 0 Å². The minimum atomic E-state index is 0.828. The average molecular weight is 166 g/mol. The number of nitrogens with zero attached hydrogens (tertiary/aromatic N) is 2. The van der Waals surface area contributed by atoms with Gasteiger partial charge in [-0.3, -0.25) is 4.68 Å². The van der Waals surface area contributed by atoms with Gasteiger partial charge in [0.15, 0.2) is 0 Å². The summed E-state index contributed by atoms with van der Waals surface area (Å²) >= 11 is 0. The van der Waals surface area contributed by atoms with Gasteiger partial charge >= 0.3 is 0 Å². The van der Waals surface area contributed by atoms with Gasteiger partial charge in [0, 0.05) is 25.6 Å². The minimum Gasteiger partial charge on any atom is -0.384 e. The molecule has 1 aromatic rings. The fourth-order valence-electron chi connectivity index (χ4n) is 1.66. The Balaban J connectivity index is 2.42. The first kappa shape index (κ1) is 7.61. The highest BCUT2D eigenvalue weighted by Gasteiger charge is 2.14. The SMILES string of the molecule is Cn1nc2c(c1N)CCNCC2. The van der Waals surface area contributed by atoms with Crippen molar-refractivity contribution in [3.05, 3.63) is 11.3 Å². The van der Waals surface area contributed by atoms with E-state index in [4.69, 9.17) is 5.73 Å². The maximum Gasteiger partial charge on any atom is 0.124 e. The van der Waals surface area contributed by atoms with Crippen LogP contribution >= 0.6 is 0 Å². The first-order valence-corrected chi connectivity index (χ1v) is 4.30. The highest BCUT2D eigenvalue weighted by molar-refractivity contribution is 5.44. The standard InChI is InChI=1S/C8H14N4/c1-12-8(9)6-2-4-10-5-3-7(6)11-12/h10H,2-5,9H2,1H3. The number of hydrogen-bond donors (Lipinski definition) is 2. The second-order valence-corrected chi connectivity index (χ2v) is 3.18. The lowest BCUT2D eigenvalue weighted by molar-refractivity contribution is 0.684. The van der Waals surface area contributed by atoms with Crippen LogP contribution in [0.2, 0.25) is 0 Å². The summed E-state index contributed by atoms with van der Waals surface area (Å²) in [5.41, 5.74) is 8.27. The molecule has 66 valence electrons. The molecular weight excluding hydrogens is 152 g/mol. The van der Waals surface area contributed by atoms with Gasteiger partial charge in [0.1, 0.15) is 5.82 Å². The van der Waals surface area contributed by atoms with E-state index in [-0.39, 0.29) is 0 Å². The monoisotopic (exact) mass is 166 g/mol. The molecule has 0 saturated heterocycles. The molecule has 12 heavy (non-hydrogen) atoms. The third-order valence-electron chi connectivity index (χ3n) is 2.37. The van der Waals surface area contributed by atoms with Gasteiger partial charge in [-0.25, -0.2) is 0 Å². The summed E-state index contributed by atoms with van der Waals surface area (Å²) in [4.78, 5) is 0. The molecule has 0 atom stereocenters. The van der Waals surface area contributed by atoms with Crippen molar-refractivity contribution in [1.82, 2.24) is 15.1 Å². The Bertz CT molecular complexity index is 289. The number of fused-ring (bicyclic) bond motifs is 1. The van der Waals surface area contributed by atoms with Gasteiger partial charge in [0.25, 0.3) is 0 Å². The molecule has 4 nitrogen and oxygen atoms in total. The molecule has 1 aliphatic heterocycles. The number of hydrogen-bond acceptors (Lipinski definition) is 3. The third kappa shape index (κ3) is 1.08. The van der Waals surface area contributed by atoms with Gasteiger partial charge in [-0.05, 0) is 13.0 Å². The second kappa shape index (κ2) is 2.79. The first-order valence-electron chi connectivity index (χ1n) is 4.30. The fourth-order valence-corrected chi connectivity index (χ4v) is 1.66. The van der Waals surface area contributed by atoms with Crippen molar-refractivity contribution in [3.63, 3.8) is 0 Å². The summed E-state index contributed by atoms with van der Waals surface area (Å²) in [5.74, 6) is 0.828. The Morgan fingerprint density at radius 1 is 1.42 bits per heavy atom. The van der Waals surface area contributed by atoms with Crippen LogP contribution in [0.5, 0.6) is 0 Å². The maximum atomic E-state index is 5.87. The molecule has 0 aliphatic carbocycles. The lowest BCUT2D eigenvalue weighted by atomic mass is 10.1. The zero-order valence-electron chi connectivity index (χ0n) is 7.30. The summed E-state index contributed by atoms with van der Waals surface area (Å²) < 4.78 is 1.77. The largest absolute Gasteiger partial charge is 0.384 e. The average Bonchev–Trinajstić information content (AvgIpc) is 2.30. The molecule has 0 spiro atoms. The van der Waals surface area contributed by atoms with Gasteiger partial charge in [0.05, 0.1) is 5.69 Å². The summed E-state index contributed by atoms with van der Waals surface area (Å²) in [5, 5.41) is 7.68. The van der Waals surface area contributed by atoms with Crippen molar-refractivity contribution in [2.24, 2.45) is 7.05 Å². The molecule has 0 saturated carbocycles. The Morgan fingerprint density at radius 3 is 3.00 bits per heavy atom.